The first-order valence-corrected chi connectivity index (χ1v) is 4.77. The Morgan fingerprint density at radius 1 is 1.25 bits per heavy atom. The molecule has 1 spiro atoms. The fourth-order valence-electron chi connectivity index (χ4n) is 2.04. The van der Waals surface area contributed by atoms with Crippen LogP contribution in [0, 0.1) is 0 Å². The molecule has 0 aromatic rings. The van der Waals surface area contributed by atoms with Crippen molar-refractivity contribution >= 4 is 23.2 Å². The minimum Gasteiger partial charge on any atom is -0.348 e. The topological polar surface area (TPSA) is 41.1 Å². The molecule has 1 saturated carbocycles. The van der Waals surface area contributed by atoms with Crippen LogP contribution in [0.3, 0.4) is 0 Å². The van der Waals surface area contributed by atoms with Crippen LogP contribution in [-0.2, 0) is 4.79 Å². The van der Waals surface area contributed by atoms with Crippen molar-refractivity contribution in [2.45, 2.75) is 37.6 Å². The molecule has 3 nitrogen and oxygen atoms in total. The van der Waals surface area contributed by atoms with Crippen LogP contribution < -0.4 is 10.6 Å². The van der Waals surface area contributed by atoms with Gasteiger partial charge in [0.05, 0.1) is 0 Å². The lowest BCUT2D eigenvalue weighted by Gasteiger charge is -2.30. The summed E-state index contributed by atoms with van der Waals surface area (Å²) < 4.78 is 0. The van der Waals surface area contributed by atoms with Crippen LogP contribution >= 0.6 is 12.2 Å². The van der Waals surface area contributed by atoms with Gasteiger partial charge in [-0.3, -0.25) is 4.79 Å². The number of hydrogen-bond acceptors (Lipinski definition) is 2. The highest BCUT2D eigenvalue weighted by Gasteiger charge is 2.44. The SMILES string of the molecule is O=C1NC(=S)NC12CCCCC2. The number of hydrogen-bond donors (Lipinski definition) is 2. The Morgan fingerprint density at radius 3 is 2.42 bits per heavy atom. The Morgan fingerprint density at radius 2 is 1.92 bits per heavy atom. The molecule has 2 rings (SSSR count). The largest absolute Gasteiger partial charge is 0.348 e. The van der Waals surface area contributed by atoms with E-state index in [0.717, 1.165) is 25.7 Å². The first-order valence-electron chi connectivity index (χ1n) is 4.37. The van der Waals surface area contributed by atoms with E-state index in [1.807, 2.05) is 0 Å². The van der Waals surface area contributed by atoms with Gasteiger partial charge in [-0.2, -0.15) is 0 Å². The fraction of sp³-hybridized carbons (Fsp3) is 0.750. The summed E-state index contributed by atoms with van der Waals surface area (Å²) in [6, 6.07) is 0. The molecule has 0 atom stereocenters. The van der Waals surface area contributed by atoms with Crippen molar-refractivity contribution in [2.24, 2.45) is 0 Å². The Kier molecular flexibility index (Phi) is 1.79. The zero-order valence-corrected chi connectivity index (χ0v) is 7.67. The van der Waals surface area contributed by atoms with Crippen molar-refractivity contribution in [1.29, 1.82) is 0 Å². The fourth-order valence-corrected chi connectivity index (χ4v) is 2.32. The van der Waals surface area contributed by atoms with Gasteiger partial charge in [0.2, 0.25) is 0 Å². The van der Waals surface area contributed by atoms with Gasteiger partial charge in [0.15, 0.2) is 5.11 Å². The molecule has 2 aliphatic rings. The molecule has 0 bridgehead atoms. The van der Waals surface area contributed by atoms with Gasteiger partial charge in [-0.15, -0.1) is 0 Å². The molecule has 0 aromatic carbocycles. The van der Waals surface area contributed by atoms with Crippen LogP contribution in [0.5, 0.6) is 0 Å². The molecule has 66 valence electrons. The van der Waals surface area contributed by atoms with Gasteiger partial charge in [0.1, 0.15) is 5.54 Å². The molecule has 1 heterocycles. The molecular weight excluding hydrogens is 172 g/mol. The van der Waals surface area contributed by atoms with Crippen LogP contribution in [-0.4, -0.2) is 16.6 Å². The van der Waals surface area contributed by atoms with E-state index in [1.165, 1.54) is 6.42 Å². The van der Waals surface area contributed by atoms with Gasteiger partial charge in [-0.05, 0) is 25.1 Å². The summed E-state index contributed by atoms with van der Waals surface area (Å²) in [7, 11) is 0. The second kappa shape index (κ2) is 2.69. The van der Waals surface area contributed by atoms with Gasteiger partial charge in [0.25, 0.3) is 5.91 Å². The zero-order chi connectivity index (χ0) is 8.60. The predicted molar refractivity (Wildman–Crippen MR) is 49.7 cm³/mol. The van der Waals surface area contributed by atoms with E-state index < -0.39 is 0 Å². The first-order chi connectivity index (χ1) is 5.73. The predicted octanol–water partition coefficient (Wildman–Crippen LogP) is 0.694. The number of nitrogens with one attached hydrogen (secondary N) is 2. The monoisotopic (exact) mass is 184 g/mol. The third-order valence-corrected chi connectivity index (χ3v) is 2.93. The second-order valence-electron chi connectivity index (χ2n) is 3.55. The van der Waals surface area contributed by atoms with Gasteiger partial charge in [-0.1, -0.05) is 19.3 Å². The molecule has 0 aromatic heterocycles. The molecule has 0 unspecified atom stereocenters. The van der Waals surface area contributed by atoms with E-state index in [1.54, 1.807) is 0 Å². The summed E-state index contributed by atoms with van der Waals surface area (Å²) in [6.07, 6.45) is 5.35. The molecule has 2 fully saturated rings. The number of amides is 1. The van der Waals surface area contributed by atoms with Crippen molar-refractivity contribution in [2.75, 3.05) is 0 Å². The minimum absolute atomic E-state index is 0.0761. The van der Waals surface area contributed by atoms with E-state index in [2.05, 4.69) is 10.6 Å². The summed E-state index contributed by atoms with van der Waals surface area (Å²) in [5.41, 5.74) is -0.338. The van der Waals surface area contributed by atoms with Gasteiger partial charge in [0, 0.05) is 0 Å². The van der Waals surface area contributed by atoms with Crippen LogP contribution in [0.4, 0.5) is 0 Å². The minimum atomic E-state index is -0.338. The van der Waals surface area contributed by atoms with E-state index in [9.17, 15) is 4.79 Å². The lowest BCUT2D eigenvalue weighted by atomic mass is 9.82. The zero-order valence-electron chi connectivity index (χ0n) is 6.85. The number of carbonyl (C=O) groups excluding carboxylic acids is 1. The third kappa shape index (κ3) is 1.10. The van der Waals surface area contributed by atoms with E-state index in [-0.39, 0.29) is 11.4 Å². The van der Waals surface area contributed by atoms with Crippen LogP contribution in [0.2, 0.25) is 0 Å². The lowest BCUT2D eigenvalue weighted by molar-refractivity contribution is -0.125. The molecule has 1 aliphatic carbocycles. The Balaban J connectivity index is 2.18. The Bertz CT molecular complexity index is 233. The summed E-state index contributed by atoms with van der Waals surface area (Å²) in [5, 5.41) is 6.25. The summed E-state index contributed by atoms with van der Waals surface area (Å²) in [5.74, 6) is 0.0761. The molecule has 4 heteroatoms. The van der Waals surface area contributed by atoms with Crippen molar-refractivity contribution in [3.63, 3.8) is 0 Å². The van der Waals surface area contributed by atoms with Crippen molar-refractivity contribution < 1.29 is 4.79 Å². The number of carbonyl (C=O) groups is 1. The van der Waals surface area contributed by atoms with Crippen molar-refractivity contribution in [1.82, 2.24) is 10.6 Å². The summed E-state index contributed by atoms with van der Waals surface area (Å²) in [4.78, 5) is 11.5. The van der Waals surface area contributed by atoms with E-state index in [0.29, 0.717) is 5.11 Å². The molecule has 0 radical (unpaired) electrons. The quantitative estimate of drug-likeness (QED) is 0.544. The first kappa shape index (κ1) is 7.98. The molecule has 1 aliphatic heterocycles. The molecule has 12 heavy (non-hydrogen) atoms. The Hall–Kier alpha value is -0.640. The summed E-state index contributed by atoms with van der Waals surface area (Å²) >= 11 is 4.91. The standard InChI is InChI=1S/C8H12N2OS/c11-6-8(10-7(12)9-6)4-2-1-3-5-8/h1-5H2,(H2,9,10,11,12). The smallest absolute Gasteiger partial charge is 0.251 e. The van der Waals surface area contributed by atoms with Gasteiger partial charge < -0.3 is 10.6 Å². The van der Waals surface area contributed by atoms with Gasteiger partial charge >= 0.3 is 0 Å². The maximum absolute atomic E-state index is 11.5. The van der Waals surface area contributed by atoms with Crippen LogP contribution in [0.15, 0.2) is 0 Å². The lowest BCUT2D eigenvalue weighted by Crippen LogP contribution is -2.48. The molecule has 1 amide bonds. The molecule has 2 N–H and O–H groups in total. The second-order valence-corrected chi connectivity index (χ2v) is 3.96. The third-order valence-electron chi connectivity index (χ3n) is 2.72. The average Bonchev–Trinajstić information content (AvgIpc) is 2.29. The highest BCUT2D eigenvalue weighted by molar-refractivity contribution is 7.80. The van der Waals surface area contributed by atoms with Crippen molar-refractivity contribution in [3.05, 3.63) is 0 Å². The van der Waals surface area contributed by atoms with Gasteiger partial charge in [-0.25, -0.2) is 0 Å². The highest BCUT2D eigenvalue weighted by Crippen LogP contribution is 2.30. The van der Waals surface area contributed by atoms with Crippen LogP contribution in [0.25, 0.3) is 0 Å². The summed E-state index contributed by atoms with van der Waals surface area (Å²) in [6.45, 7) is 0. The molecule has 1 saturated heterocycles. The molecular formula is C8H12N2OS. The maximum atomic E-state index is 11.5. The number of rotatable bonds is 0. The average molecular weight is 184 g/mol. The van der Waals surface area contributed by atoms with Crippen LogP contribution in [0.1, 0.15) is 32.1 Å². The Labute approximate surface area is 76.9 Å². The number of thiocarbonyl (C=S) groups is 1. The normalized spacial score (nSPS) is 27.0. The van der Waals surface area contributed by atoms with E-state index in [4.69, 9.17) is 12.2 Å². The maximum Gasteiger partial charge on any atom is 0.251 e. The van der Waals surface area contributed by atoms with E-state index >= 15 is 0 Å². The van der Waals surface area contributed by atoms with Crippen molar-refractivity contribution in [3.8, 4) is 0 Å². The highest BCUT2D eigenvalue weighted by atomic mass is 32.1.